The molecule has 0 aromatic carbocycles. The Balaban J connectivity index is 1.82. The lowest BCUT2D eigenvalue weighted by Crippen LogP contribution is -2.43. The van der Waals surface area contributed by atoms with Gasteiger partial charge in [0.25, 0.3) is 0 Å². The van der Waals surface area contributed by atoms with Crippen LogP contribution >= 0.6 is 11.8 Å². The van der Waals surface area contributed by atoms with Gasteiger partial charge in [-0.2, -0.15) is 11.8 Å². The maximum absolute atomic E-state index is 12.1. The van der Waals surface area contributed by atoms with Crippen molar-refractivity contribution in [2.75, 3.05) is 24.6 Å². The lowest BCUT2D eigenvalue weighted by molar-refractivity contribution is 0.0193. The topological polar surface area (TPSA) is 84.8 Å². The Morgan fingerprint density at radius 2 is 1.79 bits per heavy atom. The Labute approximate surface area is 149 Å². The minimum Gasteiger partial charge on any atom is -0.444 e. The van der Waals surface area contributed by atoms with Crippen molar-refractivity contribution in [1.29, 1.82) is 0 Å². The van der Waals surface area contributed by atoms with Gasteiger partial charge in [-0.25, -0.2) is 10.6 Å². The highest BCUT2D eigenvalue weighted by Gasteiger charge is 2.28. The Bertz CT molecular complexity index is 450. The van der Waals surface area contributed by atoms with Crippen molar-refractivity contribution < 1.29 is 9.53 Å². The highest BCUT2D eigenvalue weighted by molar-refractivity contribution is 7.99. The average molecular weight is 357 g/mol. The molecule has 4 N–H and O–H groups in total. The van der Waals surface area contributed by atoms with Crippen LogP contribution < -0.4 is 11.6 Å². The van der Waals surface area contributed by atoms with Crippen molar-refractivity contribution in [3.05, 3.63) is 11.9 Å². The number of carbonyl (C=O) groups excluding carboxylic acids is 1. The molecule has 0 bridgehead atoms. The molecule has 0 unspecified atom stereocenters. The molecular formula is C17H32N4O2S. The third-order valence-corrected chi connectivity index (χ3v) is 5.58. The maximum atomic E-state index is 12.1. The maximum Gasteiger partial charge on any atom is 0.410 e. The SMILES string of the molecule is CC(C)(C)OC(=O)N1CCC(/C(N)=C/N(N)C2CCSCC2)CC1. The van der Waals surface area contributed by atoms with Crippen LogP contribution in [0.2, 0.25) is 0 Å². The van der Waals surface area contributed by atoms with Gasteiger partial charge in [0.2, 0.25) is 0 Å². The Hall–Kier alpha value is -1.08. The third-order valence-electron chi connectivity index (χ3n) is 4.53. The number of ether oxygens (including phenoxy) is 1. The first-order chi connectivity index (χ1) is 11.3. The van der Waals surface area contributed by atoms with Crippen LogP contribution in [0.3, 0.4) is 0 Å². The normalized spacial score (nSPS) is 21.7. The van der Waals surface area contributed by atoms with E-state index in [2.05, 4.69) is 0 Å². The molecule has 138 valence electrons. The molecule has 0 aromatic rings. The predicted molar refractivity (Wildman–Crippen MR) is 99.2 cm³/mol. The van der Waals surface area contributed by atoms with E-state index in [0.717, 1.165) is 31.4 Å². The second-order valence-corrected chi connectivity index (χ2v) is 8.89. The van der Waals surface area contributed by atoms with Crippen molar-refractivity contribution in [3.8, 4) is 0 Å². The largest absolute Gasteiger partial charge is 0.444 e. The summed E-state index contributed by atoms with van der Waals surface area (Å²) in [6.07, 6.45) is 5.62. The molecular weight excluding hydrogens is 324 g/mol. The summed E-state index contributed by atoms with van der Waals surface area (Å²) in [4.78, 5) is 13.9. The lowest BCUT2D eigenvalue weighted by Gasteiger charge is -2.34. The molecule has 0 atom stereocenters. The molecule has 0 saturated carbocycles. The van der Waals surface area contributed by atoms with E-state index in [0.29, 0.717) is 19.1 Å². The quantitative estimate of drug-likeness (QED) is 0.597. The van der Waals surface area contributed by atoms with E-state index >= 15 is 0 Å². The molecule has 1 amide bonds. The number of likely N-dealkylation sites (tertiary alicyclic amines) is 1. The summed E-state index contributed by atoms with van der Waals surface area (Å²) in [5.41, 5.74) is 6.66. The Morgan fingerprint density at radius 3 is 2.33 bits per heavy atom. The van der Waals surface area contributed by atoms with Crippen LogP contribution in [0.4, 0.5) is 4.79 Å². The van der Waals surface area contributed by atoms with Crippen LogP contribution in [0.5, 0.6) is 0 Å². The summed E-state index contributed by atoms with van der Waals surface area (Å²) in [5, 5.41) is 1.80. The first-order valence-electron chi connectivity index (χ1n) is 8.82. The number of carbonyl (C=O) groups is 1. The van der Waals surface area contributed by atoms with Gasteiger partial charge in [0.05, 0.1) is 0 Å². The van der Waals surface area contributed by atoms with Gasteiger partial charge in [-0.1, -0.05) is 0 Å². The van der Waals surface area contributed by atoms with E-state index in [1.807, 2.05) is 38.7 Å². The van der Waals surface area contributed by atoms with E-state index in [1.165, 1.54) is 11.5 Å². The number of hydrogen-bond acceptors (Lipinski definition) is 6. The van der Waals surface area contributed by atoms with Crippen molar-refractivity contribution in [2.45, 2.75) is 58.1 Å². The molecule has 0 aliphatic carbocycles. The van der Waals surface area contributed by atoms with Gasteiger partial charge >= 0.3 is 6.09 Å². The zero-order valence-corrected chi connectivity index (χ0v) is 16.0. The average Bonchev–Trinajstić information content (AvgIpc) is 2.54. The van der Waals surface area contributed by atoms with E-state index in [1.54, 1.807) is 9.91 Å². The highest BCUT2D eigenvalue weighted by atomic mass is 32.2. The zero-order valence-electron chi connectivity index (χ0n) is 15.2. The molecule has 6 nitrogen and oxygen atoms in total. The van der Waals surface area contributed by atoms with Gasteiger partial charge in [0.15, 0.2) is 0 Å². The second-order valence-electron chi connectivity index (χ2n) is 7.66. The predicted octanol–water partition coefficient (Wildman–Crippen LogP) is 2.50. The molecule has 7 heteroatoms. The summed E-state index contributed by atoms with van der Waals surface area (Å²) < 4.78 is 5.43. The molecule has 2 saturated heterocycles. The second kappa shape index (κ2) is 8.34. The summed E-state index contributed by atoms with van der Waals surface area (Å²) in [6.45, 7) is 7.02. The fourth-order valence-corrected chi connectivity index (χ4v) is 4.17. The first kappa shape index (κ1) is 19.2. The van der Waals surface area contributed by atoms with Gasteiger partial charge in [0, 0.05) is 36.9 Å². The van der Waals surface area contributed by atoms with E-state index in [4.69, 9.17) is 16.3 Å². The fourth-order valence-electron chi connectivity index (χ4n) is 3.09. The molecule has 2 fully saturated rings. The van der Waals surface area contributed by atoms with E-state index in [-0.39, 0.29) is 12.0 Å². The molecule has 2 heterocycles. The van der Waals surface area contributed by atoms with Gasteiger partial charge in [-0.15, -0.1) is 0 Å². The zero-order chi connectivity index (χ0) is 17.7. The fraction of sp³-hybridized carbons (Fsp3) is 0.824. The van der Waals surface area contributed by atoms with Crippen LogP contribution in [0.25, 0.3) is 0 Å². The number of amides is 1. The highest BCUT2D eigenvalue weighted by Crippen LogP contribution is 2.25. The van der Waals surface area contributed by atoms with Crippen LogP contribution in [-0.4, -0.2) is 52.2 Å². The molecule has 0 radical (unpaired) electrons. The standard InChI is InChI=1S/C17H32N4O2S/c1-17(2,3)23-16(22)20-8-4-13(5-9-20)15(18)12-21(19)14-6-10-24-11-7-14/h12-14H,4-11,18-19H2,1-3H3/b15-12-. The number of nitrogens with zero attached hydrogens (tertiary/aromatic N) is 2. The third kappa shape index (κ3) is 5.77. The van der Waals surface area contributed by atoms with Crippen LogP contribution in [0, 0.1) is 5.92 Å². The number of rotatable bonds is 3. The number of nitrogens with two attached hydrogens (primary N) is 2. The van der Waals surface area contributed by atoms with E-state index < -0.39 is 5.60 Å². The van der Waals surface area contributed by atoms with Gasteiger partial charge in [0.1, 0.15) is 5.60 Å². The molecule has 2 rings (SSSR count). The summed E-state index contributed by atoms with van der Waals surface area (Å²) in [5.74, 6) is 8.80. The number of allylic oxidation sites excluding steroid dienone is 1. The number of thioether (sulfide) groups is 1. The van der Waals surface area contributed by atoms with Crippen LogP contribution in [-0.2, 0) is 4.74 Å². The summed E-state index contributed by atoms with van der Waals surface area (Å²) in [6, 6.07) is 0.395. The van der Waals surface area contributed by atoms with E-state index in [9.17, 15) is 4.79 Å². The van der Waals surface area contributed by atoms with Gasteiger partial charge < -0.3 is 20.4 Å². The number of hydrogen-bond donors (Lipinski definition) is 2. The lowest BCUT2D eigenvalue weighted by atomic mass is 9.94. The molecule has 24 heavy (non-hydrogen) atoms. The Kier molecular flexibility index (Phi) is 6.69. The molecule has 0 spiro atoms. The molecule has 0 aromatic heterocycles. The minimum atomic E-state index is -0.453. The van der Waals surface area contributed by atoms with Gasteiger partial charge in [-0.05, 0) is 58.0 Å². The minimum absolute atomic E-state index is 0.233. The first-order valence-corrected chi connectivity index (χ1v) is 9.97. The van der Waals surface area contributed by atoms with Crippen molar-refractivity contribution >= 4 is 17.9 Å². The van der Waals surface area contributed by atoms with Crippen molar-refractivity contribution in [2.24, 2.45) is 17.5 Å². The van der Waals surface area contributed by atoms with Gasteiger partial charge in [-0.3, -0.25) is 0 Å². The van der Waals surface area contributed by atoms with Crippen LogP contribution in [0.15, 0.2) is 11.9 Å². The number of hydrazine groups is 1. The molecule has 2 aliphatic heterocycles. The summed E-state index contributed by atoms with van der Waals surface area (Å²) >= 11 is 1.99. The Morgan fingerprint density at radius 1 is 1.21 bits per heavy atom. The molecule has 2 aliphatic rings. The number of piperidine rings is 1. The monoisotopic (exact) mass is 356 g/mol. The smallest absolute Gasteiger partial charge is 0.410 e. The van der Waals surface area contributed by atoms with Crippen molar-refractivity contribution in [3.63, 3.8) is 0 Å². The van der Waals surface area contributed by atoms with Crippen molar-refractivity contribution in [1.82, 2.24) is 9.91 Å². The van der Waals surface area contributed by atoms with Crippen LogP contribution in [0.1, 0.15) is 46.5 Å². The summed E-state index contributed by atoms with van der Waals surface area (Å²) in [7, 11) is 0.